The first kappa shape index (κ1) is 15.7. The van der Waals surface area contributed by atoms with Crippen LogP contribution in [0.5, 0.6) is 0 Å². The zero-order valence-electron chi connectivity index (χ0n) is 13.5. The Morgan fingerprint density at radius 2 is 2.33 bits per heavy atom. The van der Waals surface area contributed by atoms with Crippen molar-refractivity contribution in [3.8, 4) is 11.3 Å². The molecule has 1 N–H and O–H groups in total. The molecule has 0 spiro atoms. The highest BCUT2D eigenvalue weighted by molar-refractivity contribution is 6.30. The fourth-order valence-electron chi connectivity index (χ4n) is 3.84. The van der Waals surface area contributed by atoms with Gasteiger partial charge in [0.15, 0.2) is 5.76 Å². The monoisotopic (exact) mass is 345 g/mol. The van der Waals surface area contributed by atoms with Crippen molar-refractivity contribution in [2.45, 2.75) is 31.8 Å². The summed E-state index contributed by atoms with van der Waals surface area (Å²) in [6, 6.07) is 8.11. The third-order valence-electron chi connectivity index (χ3n) is 5.18. The molecule has 3 unspecified atom stereocenters. The number of nitrogens with zero attached hydrogens (tertiary/aromatic N) is 2. The smallest absolute Gasteiger partial charge is 0.307 e. The van der Waals surface area contributed by atoms with Crippen LogP contribution in [0.25, 0.3) is 11.3 Å². The number of carbonyl (C=O) groups is 1. The summed E-state index contributed by atoms with van der Waals surface area (Å²) in [4.78, 5) is 19.0. The van der Waals surface area contributed by atoms with Crippen LogP contribution in [0, 0.1) is 5.92 Å². The van der Waals surface area contributed by atoms with Gasteiger partial charge in [0.2, 0.25) is 0 Å². The van der Waals surface area contributed by atoms with Crippen molar-refractivity contribution in [2.24, 2.45) is 5.92 Å². The fourth-order valence-corrected chi connectivity index (χ4v) is 4.03. The second kappa shape index (κ2) is 6.22. The number of aromatic nitrogens is 1. The number of rotatable bonds is 3. The van der Waals surface area contributed by atoms with Gasteiger partial charge in [-0.1, -0.05) is 23.7 Å². The Morgan fingerprint density at radius 1 is 1.46 bits per heavy atom. The van der Waals surface area contributed by atoms with Gasteiger partial charge < -0.3 is 9.73 Å². The highest BCUT2D eigenvalue weighted by Gasteiger charge is 2.39. The van der Waals surface area contributed by atoms with Crippen molar-refractivity contribution in [1.29, 1.82) is 0 Å². The van der Waals surface area contributed by atoms with Crippen LogP contribution in [-0.4, -0.2) is 41.0 Å². The van der Waals surface area contributed by atoms with Gasteiger partial charge in [-0.15, -0.1) is 0 Å². The van der Waals surface area contributed by atoms with Gasteiger partial charge in [-0.3, -0.25) is 9.69 Å². The van der Waals surface area contributed by atoms with E-state index in [2.05, 4.69) is 22.1 Å². The molecule has 4 atom stereocenters. The van der Waals surface area contributed by atoms with Crippen LogP contribution in [-0.2, 0) is 0 Å². The Morgan fingerprint density at radius 3 is 3.04 bits per heavy atom. The number of hydrogen-bond donors (Lipinski definition) is 1. The van der Waals surface area contributed by atoms with E-state index in [0.29, 0.717) is 22.7 Å². The topological polar surface area (TPSA) is 58.4 Å². The molecule has 4 heterocycles. The molecule has 0 radical (unpaired) electrons. The average Bonchev–Trinajstić information content (AvgIpc) is 3.06. The Kier molecular flexibility index (Phi) is 4.06. The highest BCUT2D eigenvalue weighted by atomic mass is 35.5. The zero-order valence-corrected chi connectivity index (χ0v) is 14.3. The summed E-state index contributed by atoms with van der Waals surface area (Å²) < 4.78 is 5.63. The first-order valence-electron chi connectivity index (χ1n) is 8.37. The molecule has 0 saturated carbocycles. The molecule has 3 saturated heterocycles. The predicted molar refractivity (Wildman–Crippen MR) is 92.0 cm³/mol. The van der Waals surface area contributed by atoms with Gasteiger partial charge in [-0.2, -0.15) is 0 Å². The van der Waals surface area contributed by atoms with E-state index in [0.717, 1.165) is 31.5 Å². The first-order chi connectivity index (χ1) is 11.6. The lowest BCUT2D eigenvalue weighted by atomic mass is 9.80. The number of oxazole rings is 1. The quantitative estimate of drug-likeness (QED) is 0.928. The maximum absolute atomic E-state index is 12.5. The molecule has 1 aromatic heterocycles. The summed E-state index contributed by atoms with van der Waals surface area (Å²) in [6.45, 7) is 4.31. The van der Waals surface area contributed by atoms with E-state index in [1.807, 2.05) is 12.1 Å². The minimum absolute atomic E-state index is 0.106. The van der Waals surface area contributed by atoms with Crippen LogP contribution < -0.4 is 5.32 Å². The van der Waals surface area contributed by atoms with Crippen LogP contribution in [0.1, 0.15) is 30.5 Å². The van der Waals surface area contributed by atoms with Gasteiger partial charge in [0, 0.05) is 29.2 Å². The zero-order chi connectivity index (χ0) is 16.7. The Labute approximate surface area is 146 Å². The van der Waals surface area contributed by atoms with E-state index in [-0.39, 0.29) is 17.8 Å². The van der Waals surface area contributed by atoms with Gasteiger partial charge in [0.25, 0.3) is 5.89 Å². The van der Waals surface area contributed by atoms with E-state index < -0.39 is 0 Å². The largest absolute Gasteiger partial charge is 0.432 e. The van der Waals surface area contributed by atoms with Gasteiger partial charge in [0.1, 0.15) is 0 Å². The first-order valence-corrected chi connectivity index (χ1v) is 8.74. The normalized spacial score (nSPS) is 28.8. The summed E-state index contributed by atoms with van der Waals surface area (Å²) in [7, 11) is 0. The highest BCUT2D eigenvalue weighted by Crippen LogP contribution is 2.32. The lowest BCUT2D eigenvalue weighted by molar-refractivity contribution is 0.0267. The molecule has 3 fully saturated rings. The fraction of sp³-hybridized carbons (Fsp3) is 0.444. The van der Waals surface area contributed by atoms with Crippen molar-refractivity contribution in [1.82, 2.24) is 15.2 Å². The number of hydrogen-bond acceptors (Lipinski definition) is 4. The maximum atomic E-state index is 12.5. The molecule has 1 amide bonds. The van der Waals surface area contributed by atoms with Crippen LogP contribution in [0.4, 0.5) is 0 Å². The Hall–Kier alpha value is -1.85. The Balaban J connectivity index is 1.46. The van der Waals surface area contributed by atoms with Crippen molar-refractivity contribution >= 4 is 17.5 Å². The second-order valence-corrected chi connectivity index (χ2v) is 7.18. The number of halogens is 1. The minimum atomic E-state index is -0.241. The van der Waals surface area contributed by atoms with Crippen LogP contribution in [0.2, 0.25) is 5.02 Å². The summed E-state index contributed by atoms with van der Waals surface area (Å²) in [5.74, 6) is 0.964. The molecule has 2 bridgehead atoms. The molecule has 6 heteroatoms. The number of amides is 1. The van der Waals surface area contributed by atoms with Gasteiger partial charge >= 0.3 is 5.91 Å². The predicted octanol–water partition coefficient (Wildman–Crippen LogP) is 3.21. The molecular formula is C18H20ClN3O2. The van der Waals surface area contributed by atoms with Crippen molar-refractivity contribution in [3.63, 3.8) is 0 Å². The van der Waals surface area contributed by atoms with E-state index in [1.165, 1.54) is 0 Å². The van der Waals surface area contributed by atoms with Crippen LogP contribution in [0.15, 0.2) is 34.9 Å². The van der Waals surface area contributed by atoms with Crippen molar-refractivity contribution < 1.29 is 9.21 Å². The van der Waals surface area contributed by atoms with E-state index >= 15 is 0 Å². The molecule has 0 aliphatic carbocycles. The standard InChI is InChI=1S/C18H20ClN3O2/c1-11-7-12-5-6-22(11)10-15(12)21-17(23)18-20-9-16(24-18)13-3-2-4-14(19)8-13/h2-4,8-9,11-12,15H,5-7,10H2,1H3,(H,21,23)/t11?,12?,15-/m0/s1. The molecule has 1 aromatic carbocycles. The van der Waals surface area contributed by atoms with Crippen molar-refractivity contribution in [2.75, 3.05) is 13.1 Å². The van der Waals surface area contributed by atoms with Crippen LogP contribution >= 0.6 is 11.6 Å². The Bertz CT molecular complexity index is 760. The molecule has 3 aliphatic rings. The SMILES string of the molecule is CC1CC2CCN1C[C@@H]2NC(=O)c1ncc(-c2cccc(Cl)c2)o1. The third-order valence-corrected chi connectivity index (χ3v) is 5.42. The number of nitrogens with one attached hydrogen (secondary N) is 1. The summed E-state index contributed by atoms with van der Waals surface area (Å²) in [6.07, 6.45) is 3.86. The summed E-state index contributed by atoms with van der Waals surface area (Å²) in [5, 5.41) is 3.72. The molecule has 126 valence electrons. The van der Waals surface area contributed by atoms with Crippen molar-refractivity contribution in [3.05, 3.63) is 41.4 Å². The third kappa shape index (κ3) is 2.94. The maximum Gasteiger partial charge on any atom is 0.307 e. The second-order valence-electron chi connectivity index (χ2n) is 6.75. The average molecular weight is 346 g/mol. The number of fused-ring (bicyclic) bond motifs is 3. The molecule has 2 aromatic rings. The lowest BCUT2D eigenvalue weighted by Gasteiger charge is -2.48. The lowest BCUT2D eigenvalue weighted by Crippen LogP contribution is -2.60. The van der Waals surface area contributed by atoms with E-state index in [9.17, 15) is 4.79 Å². The van der Waals surface area contributed by atoms with Gasteiger partial charge in [-0.05, 0) is 44.4 Å². The number of benzene rings is 1. The number of piperidine rings is 3. The minimum Gasteiger partial charge on any atom is -0.432 e. The van der Waals surface area contributed by atoms with Gasteiger partial charge in [0.05, 0.1) is 6.20 Å². The molecule has 3 aliphatic heterocycles. The molecular weight excluding hydrogens is 326 g/mol. The summed E-state index contributed by atoms with van der Waals surface area (Å²) in [5.41, 5.74) is 0.811. The summed E-state index contributed by atoms with van der Waals surface area (Å²) >= 11 is 5.99. The number of carbonyl (C=O) groups excluding carboxylic acids is 1. The van der Waals surface area contributed by atoms with Gasteiger partial charge in [-0.25, -0.2) is 4.98 Å². The molecule has 5 rings (SSSR count). The molecule has 24 heavy (non-hydrogen) atoms. The van der Waals surface area contributed by atoms with E-state index in [1.54, 1.807) is 18.3 Å². The molecule has 5 nitrogen and oxygen atoms in total. The van der Waals surface area contributed by atoms with Crippen LogP contribution in [0.3, 0.4) is 0 Å². The van der Waals surface area contributed by atoms with E-state index in [4.69, 9.17) is 16.0 Å².